The van der Waals surface area contributed by atoms with Gasteiger partial charge in [0, 0.05) is 19.3 Å². The molecule has 0 atom stereocenters. The molecule has 0 saturated heterocycles. The van der Waals surface area contributed by atoms with Crippen molar-refractivity contribution in [1.82, 2.24) is 9.88 Å². The molecule has 0 N–H and O–H groups in total. The Morgan fingerprint density at radius 2 is 2.25 bits per heavy atom. The van der Waals surface area contributed by atoms with Crippen LogP contribution in [-0.4, -0.2) is 29.4 Å². The Balaban J connectivity index is 2.59. The monoisotopic (exact) mass is 246 g/mol. The van der Waals surface area contributed by atoms with Gasteiger partial charge in [-0.05, 0) is 11.6 Å². The van der Waals surface area contributed by atoms with Gasteiger partial charge in [-0.15, -0.1) is 6.58 Å². The first-order valence-electron chi connectivity index (χ1n) is 4.83. The number of hydrogen-bond acceptors (Lipinski definition) is 2. The second kappa shape index (κ2) is 6.55. The van der Waals surface area contributed by atoms with Gasteiger partial charge in [0.15, 0.2) is 0 Å². The van der Waals surface area contributed by atoms with Crippen LogP contribution in [0.5, 0.6) is 0 Å². The van der Waals surface area contributed by atoms with Gasteiger partial charge in [-0.3, -0.25) is 4.90 Å². The van der Waals surface area contributed by atoms with Crippen LogP contribution in [0.4, 0.5) is 8.78 Å². The fraction of sp³-hybridized carbons (Fsp3) is 0.364. The van der Waals surface area contributed by atoms with Crippen molar-refractivity contribution in [2.75, 3.05) is 13.1 Å². The Kier molecular flexibility index (Phi) is 5.35. The van der Waals surface area contributed by atoms with E-state index in [-0.39, 0.29) is 6.54 Å². The first kappa shape index (κ1) is 13.1. The highest BCUT2D eigenvalue weighted by Crippen LogP contribution is 2.09. The van der Waals surface area contributed by atoms with E-state index in [0.29, 0.717) is 18.2 Å². The second-order valence-corrected chi connectivity index (χ2v) is 3.75. The fourth-order valence-electron chi connectivity index (χ4n) is 1.34. The number of aromatic nitrogens is 1. The average Bonchev–Trinajstić information content (AvgIpc) is 2.21. The van der Waals surface area contributed by atoms with Gasteiger partial charge in [0.05, 0.1) is 6.54 Å². The molecule has 0 radical (unpaired) electrons. The van der Waals surface area contributed by atoms with Crippen LogP contribution < -0.4 is 0 Å². The van der Waals surface area contributed by atoms with E-state index in [1.54, 1.807) is 29.3 Å². The Morgan fingerprint density at radius 1 is 1.50 bits per heavy atom. The van der Waals surface area contributed by atoms with Gasteiger partial charge >= 0.3 is 0 Å². The van der Waals surface area contributed by atoms with Crippen molar-refractivity contribution in [2.24, 2.45) is 0 Å². The molecule has 88 valence electrons. The Hall–Kier alpha value is -1.00. The van der Waals surface area contributed by atoms with E-state index in [1.165, 1.54) is 0 Å². The molecular weight excluding hydrogens is 234 g/mol. The summed E-state index contributed by atoms with van der Waals surface area (Å²) in [5.41, 5.74) is 0.854. The van der Waals surface area contributed by atoms with Gasteiger partial charge in [-0.2, -0.15) is 0 Å². The number of pyridine rings is 1. The summed E-state index contributed by atoms with van der Waals surface area (Å²) >= 11 is 5.63. The molecule has 0 spiro atoms. The highest BCUT2D eigenvalue weighted by Gasteiger charge is 2.11. The quantitative estimate of drug-likeness (QED) is 0.567. The molecule has 1 heterocycles. The lowest BCUT2D eigenvalue weighted by molar-refractivity contribution is 0.0906. The summed E-state index contributed by atoms with van der Waals surface area (Å²) < 4.78 is 24.5. The minimum Gasteiger partial charge on any atom is -0.290 e. The van der Waals surface area contributed by atoms with Crippen LogP contribution in [0.2, 0.25) is 5.15 Å². The summed E-state index contributed by atoms with van der Waals surface area (Å²) in [6, 6.07) is 3.42. The molecule has 0 amide bonds. The smallest absolute Gasteiger partial charge is 0.251 e. The minimum atomic E-state index is -2.35. The van der Waals surface area contributed by atoms with Crippen LogP contribution in [-0.2, 0) is 6.54 Å². The van der Waals surface area contributed by atoms with Crippen molar-refractivity contribution < 1.29 is 8.78 Å². The lowest BCUT2D eigenvalue weighted by Gasteiger charge is -2.19. The van der Waals surface area contributed by atoms with E-state index in [9.17, 15) is 8.78 Å². The zero-order valence-corrected chi connectivity index (χ0v) is 9.50. The van der Waals surface area contributed by atoms with Crippen molar-refractivity contribution in [2.45, 2.75) is 13.0 Å². The number of halogens is 3. The summed E-state index contributed by atoms with van der Waals surface area (Å²) in [7, 11) is 0. The normalized spacial score (nSPS) is 11.1. The summed E-state index contributed by atoms with van der Waals surface area (Å²) in [5.74, 6) is 0. The van der Waals surface area contributed by atoms with Gasteiger partial charge in [-0.25, -0.2) is 13.8 Å². The van der Waals surface area contributed by atoms with Gasteiger partial charge in [0.1, 0.15) is 5.15 Å². The molecule has 0 saturated carbocycles. The van der Waals surface area contributed by atoms with E-state index in [4.69, 9.17) is 11.6 Å². The molecule has 5 heteroatoms. The third-order valence-corrected chi connectivity index (χ3v) is 2.20. The molecule has 0 aromatic carbocycles. The Morgan fingerprint density at radius 3 is 2.75 bits per heavy atom. The highest BCUT2D eigenvalue weighted by molar-refractivity contribution is 6.29. The zero-order valence-electron chi connectivity index (χ0n) is 8.74. The lowest BCUT2D eigenvalue weighted by atomic mass is 10.2. The SMILES string of the molecule is C=CCN(Cc1ccc(Cl)nc1)CC(F)F. The van der Waals surface area contributed by atoms with Crippen molar-refractivity contribution in [1.29, 1.82) is 0 Å². The molecule has 2 nitrogen and oxygen atoms in total. The predicted molar refractivity (Wildman–Crippen MR) is 60.7 cm³/mol. The molecule has 0 unspecified atom stereocenters. The number of nitrogens with zero attached hydrogens (tertiary/aromatic N) is 2. The first-order valence-corrected chi connectivity index (χ1v) is 5.21. The van der Waals surface area contributed by atoms with Gasteiger partial charge in [-0.1, -0.05) is 23.7 Å². The molecule has 1 aromatic heterocycles. The van der Waals surface area contributed by atoms with Crippen LogP contribution in [0.3, 0.4) is 0 Å². The number of rotatable bonds is 6. The minimum absolute atomic E-state index is 0.269. The van der Waals surface area contributed by atoms with E-state index in [2.05, 4.69) is 11.6 Å². The maximum atomic E-state index is 12.3. The fourth-order valence-corrected chi connectivity index (χ4v) is 1.45. The van der Waals surface area contributed by atoms with E-state index >= 15 is 0 Å². The third kappa shape index (κ3) is 4.68. The van der Waals surface area contributed by atoms with E-state index < -0.39 is 6.43 Å². The van der Waals surface area contributed by atoms with Crippen LogP contribution in [0.25, 0.3) is 0 Å². The van der Waals surface area contributed by atoms with Crippen molar-refractivity contribution >= 4 is 11.6 Å². The van der Waals surface area contributed by atoms with Crippen LogP contribution in [0, 0.1) is 0 Å². The standard InChI is InChI=1S/C11H13ClF2N2/c1-2-5-16(8-11(13)14)7-9-3-4-10(12)15-6-9/h2-4,6,11H,1,5,7-8H2. The maximum absolute atomic E-state index is 12.3. The molecule has 1 rings (SSSR count). The number of hydrogen-bond donors (Lipinski definition) is 0. The second-order valence-electron chi connectivity index (χ2n) is 3.36. The molecule has 0 bridgehead atoms. The summed E-state index contributed by atoms with van der Waals surface area (Å²) in [6.45, 7) is 4.11. The largest absolute Gasteiger partial charge is 0.290 e. The molecular formula is C11H13ClF2N2. The molecule has 0 aliphatic carbocycles. The molecule has 0 fully saturated rings. The summed E-state index contributed by atoms with van der Waals surface area (Å²) in [5, 5.41) is 0.396. The molecule has 0 aliphatic rings. The van der Waals surface area contributed by atoms with Crippen LogP contribution >= 0.6 is 11.6 Å². The predicted octanol–water partition coefficient (Wildman–Crippen LogP) is 2.99. The lowest BCUT2D eigenvalue weighted by Crippen LogP contribution is -2.28. The van der Waals surface area contributed by atoms with E-state index in [0.717, 1.165) is 5.56 Å². The van der Waals surface area contributed by atoms with Crippen molar-refractivity contribution in [3.05, 3.63) is 41.7 Å². The van der Waals surface area contributed by atoms with E-state index in [1.807, 2.05) is 0 Å². The maximum Gasteiger partial charge on any atom is 0.251 e. The molecule has 16 heavy (non-hydrogen) atoms. The zero-order chi connectivity index (χ0) is 12.0. The summed E-state index contributed by atoms with van der Waals surface area (Å²) in [4.78, 5) is 5.50. The van der Waals surface area contributed by atoms with Gasteiger partial charge in [0.2, 0.25) is 0 Å². The van der Waals surface area contributed by atoms with Crippen LogP contribution in [0.1, 0.15) is 5.56 Å². The molecule has 0 aliphatic heterocycles. The highest BCUT2D eigenvalue weighted by atomic mass is 35.5. The van der Waals surface area contributed by atoms with Crippen LogP contribution in [0.15, 0.2) is 31.0 Å². The Bertz CT molecular complexity index is 327. The molecule has 1 aromatic rings. The summed E-state index contributed by atoms with van der Waals surface area (Å²) in [6.07, 6.45) is 0.843. The average molecular weight is 247 g/mol. The van der Waals surface area contributed by atoms with Crippen molar-refractivity contribution in [3.63, 3.8) is 0 Å². The van der Waals surface area contributed by atoms with Gasteiger partial charge in [0.25, 0.3) is 6.43 Å². The Labute approximate surface area is 98.5 Å². The first-order chi connectivity index (χ1) is 7.61. The third-order valence-electron chi connectivity index (χ3n) is 1.98. The topological polar surface area (TPSA) is 16.1 Å². The van der Waals surface area contributed by atoms with Gasteiger partial charge < -0.3 is 0 Å². The van der Waals surface area contributed by atoms with Crippen molar-refractivity contribution in [3.8, 4) is 0 Å². The number of alkyl halides is 2.